The van der Waals surface area contributed by atoms with Gasteiger partial charge in [0, 0.05) is 17.0 Å². The largest absolute Gasteiger partial charge is 0.330 e. The van der Waals surface area contributed by atoms with Gasteiger partial charge in [-0.2, -0.15) is 10.2 Å². The van der Waals surface area contributed by atoms with Crippen LogP contribution in [0.3, 0.4) is 0 Å². The summed E-state index contributed by atoms with van der Waals surface area (Å²) >= 11 is 0. The third-order valence-electron chi connectivity index (χ3n) is 3.53. The average molecular weight is 231 g/mol. The second-order valence-electron chi connectivity index (χ2n) is 4.81. The molecule has 2 heterocycles. The number of H-pyrrole nitrogens is 2. The molecule has 0 spiro atoms. The molecule has 0 saturated carbocycles. The van der Waals surface area contributed by atoms with Gasteiger partial charge in [0.05, 0.1) is 0 Å². The van der Waals surface area contributed by atoms with E-state index in [1.807, 2.05) is 13.0 Å². The van der Waals surface area contributed by atoms with Crippen LogP contribution in [-0.2, 0) is 12.8 Å². The lowest BCUT2D eigenvalue weighted by molar-refractivity contribution is 0.464. The lowest BCUT2D eigenvalue weighted by Crippen LogP contribution is -2.22. The number of hydrogen-bond donors (Lipinski definition) is 3. The molecule has 17 heavy (non-hydrogen) atoms. The first-order valence-corrected chi connectivity index (χ1v) is 6.06. The second-order valence-corrected chi connectivity index (χ2v) is 4.81. The Morgan fingerprint density at radius 3 is 3.00 bits per heavy atom. The molecule has 1 aliphatic rings. The molecule has 0 fully saturated rings. The predicted molar refractivity (Wildman–Crippen MR) is 65.5 cm³/mol. The van der Waals surface area contributed by atoms with E-state index >= 15 is 0 Å². The van der Waals surface area contributed by atoms with Crippen molar-refractivity contribution in [3.05, 3.63) is 23.0 Å². The summed E-state index contributed by atoms with van der Waals surface area (Å²) in [7, 11) is 0. The number of nitrogens with one attached hydrogen (secondary N) is 2. The van der Waals surface area contributed by atoms with Crippen molar-refractivity contribution >= 4 is 0 Å². The third kappa shape index (κ3) is 1.76. The summed E-state index contributed by atoms with van der Waals surface area (Å²) in [6.07, 6.45) is 3.22. The zero-order valence-corrected chi connectivity index (χ0v) is 9.95. The SMILES string of the molecule is Cc1cc(-c2n[nH]c3c2CCC(CN)C3)n[nH]1. The smallest absolute Gasteiger partial charge is 0.116 e. The number of aromatic amines is 2. The zero-order valence-electron chi connectivity index (χ0n) is 9.95. The van der Waals surface area contributed by atoms with Crippen LogP contribution in [0.4, 0.5) is 0 Å². The average Bonchev–Trinajstić information content (AvgIpc) is 2.93. The Morgan fingerprint density at radius 1 is 1.41 bits per heavy atom. The van der Waals surface area contributed by atoms with E-state index in [0.29, 0.717) is 5.92 Å². The van der Waals surface area contributed by atoms with Gasteiger partial charge in [-0.25, -0.2) is 0 Å². The second kappa shape index (κ2) is 4.00. The molecule has 5 heteroatoms. The van der Waals surface area contributed by atoms with Crippen molar-refractivity contribution in [3.8, 4) is 11.4 Å². The highest BCUT2D eigenvalue weighted by Gasteiger charge is 2.24. The van der Waals surface area contributed by atoms with E-state index in [4.69, 9.17) is 5.73 Å². The van der Waals surface area contributed by atoms with Crippen LogP contribution in [0.1, 0.15) is 23.4 Å². The number of aromatic nitrogens is 4. The quantitative estimate of drug-likeness (QED) is 0.725. The predicted octanol–water partition coefficient (Wildman–Crippen LogP) is 1.17. The molecule has 1 unspecified atom stereocenters. The standard InChI is InChI=1S/C12H17N5/c1-7-4-11(16-14-7)12-9-3-2-8(6-13)5-10(9)15-17-12/h4,8H,2-3,5-6,13H2,1H3,(H,14,16)(H,15,17). The molecule has 90 valence electrons. The Balaban J connectivity index is 1.96. The van der Waals surface area contributed by atoms with Gasteiger partial charge in [0.25, 0.3) is 0 Å². The van der Waals surface area contributed by atoms with E-state index in [-0.39, 0.29) is 0 Å². The van der Waals surface area contributed by atoms with Crippen LogP contribution >= 0.6 is 0 Å². The summed E-state index contributed by atoms with van der Waals surface area (Å²) in [6.45, 7) is 2.76. The molecule has 0 bridgehead atoms. The topological polar surface area (TPSA) is 83.4 Å². The van der Waals surface area contributed by atoms with Gasteiger partial charge in [-0.05, 0) is 44.7 Å². The van der Waals surface area contributed by atoms with Crippen molar-refractivity contribution in [3.63, 3.8) is 0 Å². The highest BCUT2D eigenvalue weighted by molar-refractivity contribution is 5.60. The summed E-state index contributed by atoms with van der Waals surface area (Å²) < 4.78 is 0. The van der Waals surface area contributed by atoms with E-state index in [2.05, 4.69) is 20.4 Å². The molecule has 5 nitrogen and oxygen atoms in total. The Morgan fingerprint density at radius 2 is 2.29 bits per heavy atom. The lowest BCUT2D eigenvalue weighted by atomic mass is 9.86. The third-order valence-corrected chi connectivity index (χ3v) is 3.53. The highest BCUT2D eigenvalue weighted by atomic mass is 15.2. The maximum absolute atomic E-state index is 5.73. The number of nitrogens with two attached hydrogens (primary N) is 1. The number of rotatable bonds is 2. The molecule has 1 atom stereocenters. The molecule has 0 saturated heterocycles. The zero-order chi connectivity index (χ0) is 11.8. The summed E-state index contributed by atoms with van der Waals surface area (Å²) in [6, 6.07) is 2.03. The van der Waals surface area contributed by atoms with Gasteiger partial charge < -0.3 is 5.73 Å². The summed E-state index contributed by atoms with van der Waals surface area (Å²) in [5.41, 5.74) is 11.3. The van der Waals surface area contributed by atoms with Gasteiger partial charge in [0.15, 0.2) is 0 Å². The fourth-order valence-electron chi connectivity index (χ4n) is 2.53. The van der Waals surface area contributed by atoms with Gasteiger partial charge >= 0.3 is 0 Å². The fraction of sp³-hybridized carbons (Fsp3) is 0.500. The van der Waals surface area contributed by atoms with Crippen LogP contribution in [0.15, 0.2) is 6.07 Å². The van der Waals surface area contributed by atoms with Crippen molar-refractivity contribution in [2.45, 2.75) is 26.2 Å². The molecule has 2 aromatic rings. The number of aryl methyl sites for hydroxylation is 1. The lowest BCUT2D eigenvalue weighted by Gasteiger charge is -2.20. The summed E-state index contributed by atoms with van der Waals surface area (Å²) in [5, 5.41) is 14.8. The fourth-order valence-corrected chi connectivity index (χ4v) is 2.53. The first-order valence-electron chi connectivity index (χ1n) is 6.06. The number of fused-ring (bicyclic) bond motifs is 1. The number of hydrogen-bond acceptors (Lipinski definition) is 3. The molecule has 0 amide bonds. The minimum Gasteiger partial charge on any atom is -0.330 e. The Bertz CT molecular complexity index is 525. The molecule has 3 rings (SSSR count). The monoisotopic (exact) mass is 231 g/mol. The molecule has 4 N–H and O–H groups in total. The van der Waals surface area contributed by atoms with Crippen molar-refractivity contribution in [1.29, 1.82) is 0 Å². The van der Waals surface area contributed by atoms with Crippen molar-refractivity contribution in [1.82, 2.24) is 20.4 Å². The Hall–Kier alpha value is -1.62. The van der Waals surface area contributed by atoms with Gasteiger partial charge in [0.2, 0.25) is 0 Å². The van der Waals surface area contributed by atoms with Crippen LogP contribution < -0.4 is 5.73 Å². The van der Waals surface area contributed by atoms with E-state index in [9.17, 15) is 0 Å². The first-order chi connectivity index (χ1) is 8.28. The van der Waals surface area contributed by atoms with Gasteiger partial charge in [-0.1, -0.05) is 0 Å². The normalized spacial score (nSPS) is 19.3. The van der Waals surface area contributed by atoms with E-state index < -0.39 is 0 Å². The van der Waals surface area contributed by atoms with Crippen LogP contribution in [0.2, 0.25) is 0 Å². The van der Waals surface area contributed by atoms with Gasteiger partial charge in [-0.3, -0.25) is 10.2 Å². The van der Waals surface area contributed by atoms with Crippen LogP contribution in [0, 0.1) is 12.8 Å². The molecule has 0 aliphatic heterocycles. The van der Waals surface area contributed by atoms with Gasteiger partial charge in [-0.15, -0.1) is 0 Å². The summed E-state index contributed by atoms with van der Waals surface area (Å²) in [4.78, 5) is 0. The van der Waals surface area contributed by atoms with E-state index in [1.165, 1.54) is 11.3 Å². The Kier molecular flexibility index (Phi) is 2.48. The van der Waals surface area contributed by atoms with Gasteiger partial charge in [0.1, 0.15) is 11.4 Å². The maximum atomic E-state index is 5.73. The van der Waals surface area contributed by atoms with Crippen LogP contribution in [0.5, 0.6) is 0 Å². The summed E-state index contributed by atoms with van der Waals surface area (Å²) in [5.74, 6) is 0.594. The molecule has 0 aromatic carbocycles. The minimum atomic E-state index is 0.594. The molecule has 2 aromatic heterocycles. The van der Waals surface area contributed by atoms with Crippen molar-refractivity contribution < 1.29 is 0 Å². The Labute approximate surface area is 99.8 Å². The van der Waals surface area contributed by atoms with Crippen molar-refractivity contribution in [2.24, 2.45) is 11.7 Å². The molecule has 0 radical (unpaired) electrons. The number of nitrogens with zero attached hydrogens (tertiary/aromatic N) is 2. The minimum absolute atomic E-state index is 0.594. The van der Waals surface area contributed by atoms with E-state index in [0.717, 1.165) is 42.9 Å². The molecular formula is C12H17N5. The maximum Gasteiger partial charge on any atom is 0.116 e. The molecular weight excluding hydrogens is 214 g/mol. The molecule has 1 aliphatic carbocycles. The highest BCUT2D eigenvalue weighted by Crippen LogP contribution is 2.30. The van der Waals surface area contributed by atoms with Crippen LogP contribution in [-0.4, -0.2) is 26.9 Å². The van der Waals surface area contributed by atoms with Crippen molar-refractivity contribution in [2.75, 3.05) is 6.54 Å². The van der Waals surface area contributed by atoms with E-state index in [1.54, 1.807) is 0 Å². The van der Waals surface area contributed by atoms with Crippen LogP contribution in [0.25, 0.3) is 11.4 Å². The first kappa shape index (κ1) is 10.5.